The monoisotopic (exact) mass is 527 g/mol. The van der Waals surface area contributed by atoms with Crippen LogP contribution in [0.4, 0.5) is 5.69 Å². The van der Waals surface area contributed by atoms with Crippen LogP contribution in [0.15, 0.2) is 54.2 Å². The molecule has 1 saturated heterocycles. The van der Waals surface area contributed by atoms with Gasteiger partial charge in [-0.2, -0.15) is 0 Å². The van der Waals surface area contributed by atoms with Gasteiger partial charge in [0, 0.05) is 18.9 Å². The highest BCUT2D eigenvalue weighted by Gasteiger charge is 2.50. The number of likely N-dealkylation sites (tertiary alicyclic amines) is 1. The third-order valence-corrected chi connectivity index (χ3v) is 12.1. The molecule has 1 aliphatic heterocycles. The maximum absolute atomic E-state index is 14.3. The van der Waals surface area contributed by atoms with E-state index in [4.69, 9.17) is 13.9 Å². The third-order valence-electron chi connectivity index (χ3n) is 7.64. The van der Waals surface area contributed by atoms with Gasteiger partial charge in [-0.05, 0) is 36.7 Å². The molecule has 8 nitrogen and oxygen atoms in total. The highest BCUT2D eigenvalue weighted by atomic mass is 28.4. The summed E-state index contributed by atoms with van der Waals surface area (Å²) in [4.78, 5) is 25.9. The van der Waals surface area contributed by atoms with Gasteiger partial charge in [-0.3, -0.25) is 10.1 Å². The minimum absolute atomic E-state index is 0.00556. The van der Waals surface area contributed by atoms with E-state index in [1.165, 1.54) is 19.2 Å². The lowest BCUT2D eigenvalue weighted by atomic mass is 10.1. The Balaban J connectivity index is 2.04. The molecule has 200 valence electrons. The molecule has 2 aromatic carbocycles. The topological polar surface area (TPSA) is 87.9 Å². The number of quaternary nitrogens is 1. The van der Waals surface area contributed by atoms with Crippen molar-refractivity contribution in [3.05, 3.63) is 75.5 Å². The van der Waals surface area contributed by atoms with Crippen LogP contribution in [0, 0.1) is 10.1 Å². The summed E-state index contributed by atoms with van der Waals surface area (Å²) in [7, 11) is -0.726. The van der Waals surface area contributed by atoms with Crippen LogP contribution in [0.2, 0.25) is 18.1 Å². The molecule has 2 aromatic rings. The molecule has 0 bridgehead atoms. The van der Waals surface area contributed by atoms with Gasteiger partial charge in [-0.1, -0.05) is 51.1 Å². The number of allylic oxidation sites excluding steroid dienone is 2. The average Bonchev–Trinajstić information content (AvgIpc) is 3.29. The maximum Gasteiger partial charge on any atom is 0.359 e. The highest BCUT2D eigenvalue weighted by molar-refractivity contribution is 6.74. The maximum atomic E-state index is 14.3. The van der Waals surface area contributed by atoms with Gasteiger partial charge in [0.15, 0.2) is 32.1 Å². The Kier molecular flexibility index (Phi) is 8.62. The molecule has 0 saturated carbocycles. The normalized spacial score (nSPS) is 19.2. The molecular weight excluding hydrogens is 488 g/mol. The Morgan fingerprint density at radius 1 is 1.16 bits per heavy atom. The minimum atomic E-state index is -2.19. The van der Waals surface area contributed by atoms with Crippen molar-refractivity contribution in [2.24, 2.45) is 0 Å². The first-order chi connectivity index (χ1) is 17.4. The van der Waals surface area contributed by atoms with Crippen molar-refractivity contribution in [2.45, 2.75) is 65.3 Å². The van der Waals surface area contributed by atoms with E-state index < -0.39 is 13.2 Å². The lowest BCUT2D eigenvalue weighted by Crippen LogP contribution is -2.54. The number of methoxy groups -OCH3 is 1. The van der Waals surface area contributed by atoms with E-state index in [1.54, 1.807) is 0 Å². The predicted molar refractivity (Wildman–Crippen MR) is 146 cm³/mol. The summed E-state index contributed by atoms with van der Waals surface area (Å²) in [5.41, 5.74) is 1.52. The smallest absolute Gasteiger partial charge is 0.359 e. The second-order valence-corrected chi connectivity index (χ2v) is 15.8. The van der Waals surface area contributed by atoms with Crippen molar-refractivity contribution < 1.29 is 28.1 Å². The van der Waals surface area contributed by atoms with E-state index in [-0.39, 0.29) is 51.5 Å². The van der Waals surface area contributed by atoms with Gasteiger partial charge in [0.05, 0.1) is 24.6 Å². The molecule has 0 aromatic heterocycles. The van der Waals surface area contributed by atoms with Crippen LogP contribution < -0.4 is 9.47 Å². The Hall–Kier alpha value is -3.01. The summed E-state index contributed by atoms with van der Waals surface area (Å²) in [5, 5.41) is 12.1. The summed E-state index contributed by atoms with van der Waals surface area (Å²) in [6.45, 7) is 13.5. The summed E-state index contributed by atoms with van der Waals surface area (Å²) in [6.07, 6.45) is 3.49. The van der Waals surface area contributed by atoms with Crippen molar-refractivity contribution in [3.8, 4) is 11.5 Å². The van der Waals surface area contributed by atoms with E-state index in [1.807, 2.05) is 43.3 Å². The lowest BCUT2D eigenvalue weighted by molar-refractivity contribution is -0.820. The van der Waals surface area contributed by atoms with Gasteiger partial charge in [0.1, 0.15) is 12.3 Å². The molecule has 3 rings (SSSR count). The summed E-state index contributed by atoms with van der Waals surface area (Å²) < 4.78 is 17.9. The number of amides is 1. The summed E-state index contributed by atoms with van der Waals surface area (Å²) in [5.74, 6) is 0.129. The Morgan fingerprint density at radius 2 is 1.84 bits per heavy atom. The first-order valence-corrected chi connectivity index (χ1v) is 15.5. The fourth-order valence-electron chi connectivity index (χ4n) is 4.32. The van der Waals surface area contributed by atoms with Gasteiger partial charge in [-0.25, -0.2) is 9.28 Å². The quantitative estimate of drug-likeness (QED) is 0.154. The van der Waals surface area contributed by atoms with Crippen LogP contribution in [0.5, 0.6) is 11.5 Å². The first kappa shape index (κ1) is 28.6. The molecule has 1 unspecified atom stereocenters. The van der Waals surface area contributed by atoms with Crippen LogP contribution >= 0.6 is 0 Å². The number of carbonyl (C=O) groups excluding carboxylic acids is 1. The SMILES string of the molecule is C/C=C1\CCC[N+]1(CO[Si](C)(C)C(C)(C)C)C(=O)c1cc(OC)c(OCc2ccccc2)cc1[N+](=O)[O-]. The highest BCUT2D eigenvalue weighted by Crippen LogP contribution is 2.42. The fraction of sp³-hybridized carbons (Fsp3) is 0.464. The van der Waals surface area contributed by atoms with Crippen LogP contribution in [-0.4, -0.2) is 44.0 Å². The van der Waals surface area contributed by atoms with Crippen LogP contribution in [0.1, 0.15) is 56.5 Å². The van der Waals surface area contributed by atoms with Crippen molar-refractivity contribution >= 4 is 19.9 Å². The second kappa shape index (κ2) is 11.2. The average molecular weight is 528 g/mol. The second-order valence-electron chi connectivity index (χ2n) is 11.0. The molecule has 1 fully saturated rings. The molecule has 9 heteroatoms. The first-order valence-electron chi connectivity index (χ1n) is 12.6. The van der Waals surface area contributed by atoms with Gasteiger partial charge < -0.3 is 13.9 Å². The van der Waals surface area contributed by atoms with Gasteiger partial charge in [0.2, 0.25) is 0 Å². The molecule has 0 radical (unpaired) electrons. The summed E-state index contributed by atoms with van der Waals surface area (Å²) >= 11 is 0. The Bertz CT molecular complexity index is 1170. The number of nitro groups is 1. The molecule has 0 N–H and O–H groups in total. The number of hydrogen-bond donors (Lipinski definition) is 0. The van der Waals surface area contributed by atoms with Gasteiger partial charge in [0.25, 0.3) is 5.69 Å². The predicted octanol–water partition coefficient (Wildman–Crippen LogP) is 6.82. The zero-order valence-electron chi connectivity index (χ0n) is 23.0. The molecule has 1 heterocycles. The zero-order valence-corrected chi connectivity index (χ0v) is 24.0. The molecule has 0 spiro atoms. The van der Waals surface area contributed by atoms with Crippen molar-refractivity contribution in [3.63, 3.8) is 0 Å². The number of rotatable bonds is 9. The Labute approximate surface area is 220 Å². The number of nitrogens with zero attached hydrogens (tertiary/aromatic N) is 2. The molecule has 1 aliphatic rings. The van der Waals surface area contributed by atoms with E-state index in [2.05, 4.69) is 33.9 Å². The number of hydrogen-bond acceptors (Lipinski definition) is 6. The minimum Gasteiger partial charge on any atom is -0.493 e. The molecule has 37 heavy (non-hydrogen) atoms. The van der Waals surface area contributed by atoms with Crippen LogP contribution in [-0.2, 0) is 11.0 Å². The molecule has 0 aliphatic carbocycles. The lowest BCUT2D eigenvalue weighted by Gasteiger charge is -2.40. The number of carbonyl (C=O) groups is 1. The van der Waals surface area contributed by atoms with Crippen molar-refractivity contribution in [2.75, 3.05) is 20.4 Å². The van der Waals surface area contributed by atoms with Gasteiger partial charge >= 0.3 is 5.91 Å². The number of benzene rings is 2. The van der Waals surface area contributed by atoms with E-state index >= 15 is 0 Å². The fourth-order valence-corrected chi connectivity index (χ4v) is 5.29. The standard InChI is InChI=1S/C28H39N2O6Si/c1-8-22-15-12-16-30(22,20-36-37(6,7)28(2,3)4)27(31)23-17-25(34-5)26(18-24(23)29(32)33)35-19-21-13-10-9-11-14-21/h8-11,13-14,17-18H,12,15-16,19-20H2,1-7H3/q+1/b22-8+. The van der Waals surface area contributed by atoms with Gasteiger partial charge in [-0.15, -0.1) is 0 Å². The van der Waals surface area contributed by atoms with Crippen LogP contribution in [0.25, 0.3) is 0 Å². The summed E-state index contributed by atoms with van der Waals surface area (Å²) in [6, 6.07) is 12.2. The van der Waals surface area contributed by atoms with Crippen molar-refractivity contribution in [1.82, 2.24) is 0 Å². The van der Waals surface area contributed by atoms with E-state index in [9.17, 15) is 14.9 Å². The molecule has 1 atom stereocenters. The number of ether oxygens (including phenoxy) is 2. The Morgan fingerprint density at radius 3 is 2.41 bits per heavy atom. The molecule has 1 amide bonds. The zero-order chi connectivity index (χ0) is 27.4. The number of nitro benzene ring substituents is 1. The van der Waals surface area contributed by atoms with Crippen LogP contribution in [0.3, 0.4) is 0 Å². The molecular formula is C28H39N2O6Si+. The third kappa shape index (κ3) is 5.95. The largest absolute Gasteiger partial charge is 0.493 e. The van der Waals surface area contributed by atoms with E-state index in [0.29, 0.717) is 6.54 Å². The van der Waals surface area contributed by atoms with Crippen molar-refractivity contribution in [1.29, 1.82) is 0 Å². The van der Waals surface area contributed by atoms with E-state index in [0.717, 1.165) is 24.1 Å².